The zero-order valence-electron chi connectivity index (χ0n) is 10.4. The van der Waals surface area contributed by atoms with E-state index in [-0.39, 0.29) is 5.56 Å². The molecule has 0 bridgehead atoms. The topological polar surface area (TPSA) is 29.5 Å². The molecule has 0 aliphatic carbocycles. The summed E-state index contributed by atoms with van der Waals surface area (Å²) in [5.41, 5.74) is 1.24. The molecule has 18 heavy (non-hydrogen) atoms. The molecule has 0 fully saturated rings. The minimum Gasteiger partial charge on any atom is -0.457 e. The van der Waals surface area contributed by atoms with Crippen LogP contribution in [0, 0.1) is 12.7 Å². The highest BCUT2D eigenvalue weighted by Crippen LogP contribution is 2.31. The third-order valence-electron chi connectivity index (χ3n) is 2.65. The Kier molecular flexibility index (Phi) is 3.63. The summed E-state index contributed by atoms with van der Waals surface area (Å²) in [5.74, 6) is 0.508. The van der Waals surface area contributed by atoms with Crippen LogP contribution in [0.25, 0.3) is 0 Å². The van der Waals surface area contributed by atoms with E-state index in [1.54, 1.807) is 18.2 Å². The fraction of sp³-hybridized carbons (Fsp3) is 0.200. The van der Waals surface area contributed by atoms with Crippen LogP contribution < -0.4 is 4.74 Å². The summed E-state index contributed by atoms with van der Waals surface area (Å²) in [6, 6.07) is 12.0. The van der Waals surface area contributed by atoms with Crippen molar-refractivity contribution < 1.29 is 14.2 Å². The largest absolute Gasteiger partial charge is 0.457 e. The molecule has 1 N–H and O–H groups in total. The fourth-order valence-electron chi connectivity index (χ4n) is 1.82. The number of halogens is 1. The molecule has 0 spiro atoms. The van der Waals surface area contributed by atoms with Crippen LogP contribution in [0.2, 0.25) is 0 Å². The first-order valence-corrected chi connectivity index (χ1v) is 5.79. The summed E-state index contributed by atoms with van der Waals surface area (Å²) in [6.45, 7) is 3.47. The third-order valence-corrected chi connectivity index (χ3v) is 2.65. The molecule has 2 aromatic carbocycles. The molecule has 0 saturated carbocycles. The summed E-state index contributed by atoms with van der Waals surface area (Å²) in [6.07, 6.45) is -0.911. The molecule has 0 saturated heterocycles. The Bertz CT molecular complexity index is 550. The van der Waals surface area contributed by atoms with E-state index in [0.717, 1.165) is 5.56 Å². The summed E-state index contributed by atoms with van der Waals surface area (Å²) < 4.78 is 19.3. The van der Waals surface area contributed by atoms with Gasteiger partial charge in [-0.3, -0.25) is 0 Å². The first-order valence-electron chi connectivity index (χ1n) is 5.79. The molecule has 0 radical (unpaired) electrons. The third kappa shape index (κ3) is 2.68. The van der Waals surface area contributed by atoms with Crippen LogP contribution in [-0.4, -0.2) is 5.11 Å². The van der Waals surface area contributed by atoms with Gasteiger partial charge < -0.3 is 9.84 Å². The lowest BCUT2D eigenvalue weighted by Crippen LogP contribution is -1.99. The van der Waals surface area contributed by atoms with Crippen LogP contribution in [0.3, 0.4) is 0 Å². The lowest BCUT2D eigenvalue weighted by molar-refractivity contribution is 0.190. The molecule has 0 aromatic heterocycles. The molecular formula is C15H15FO2. The second-order valence-corrected chi connectivity index (χ2v) is 4.25. The van der Waals surface area contributed by atoms with Gasteiger partial charge >= 0.3 is 0 Å². The molecule has 0 aliphatic rings. The van der Waals surface area contributed by atoms with E-state index in [1.165, 1.54) is 13.0 Å². The Labute approximate surface area is 106 Å². The molecule has 3 heteroatoms. The summed E-state index contributed by atoms with van der Waals surface area (Å²) in [7, 11) is 0. The number of rotatable bonds is 3. The summed E-state index contributed by atoms with van der Waals surface area (Å²) >= 11 is 0. The standard InChI is InChI=1S/C15H15FO2/c1-10-5-3-6-12(9-10)18-14-8-4-7-13(16)15(14)11(2)17/h3-9,11,17H,1-2H3/t11-/m0/s1. The van der Waals surface area contributed by atoms with Crippen molar-refractivity contribution in [2.75, 3.05) is 0 Å². The van der Waals surface area contributed by atoms with Crippen LogP contribution in [0.15, 0.2) is 42.5 Å². The van der Waals surface area contributed by atoms with Gasteiger partial charge in [-0.25, -0.2) is 4.39 Å². The first-order chi connectivity index (χ1) is 8.58. The van der Waals surface area contributed by atoms with E-state index in [2.05, 4.69) is 0 Å². The van der Waals surface area contributed by atoms with Crippen molar-refractivity contribution in [2.24, 2.45) is 0 Å². The number of aliphatic hydroxyl groups excluding tert-OH is 1. The highest BCUT2D eigenvalue weighted by Gasteiger charge is 2.15. The molecule has 1 atom stereocenters. The Morgan fingerprint density at radius 3 is 2.56 bits per heavy atom. The van der Waals surface area contributed by atoms with Crippen molar-refractivity contribution in [1.82, 2.24) is 0 Å². The molecule has 2 aromatic rings. The number of aryl methyl sites for hydroxylation is 1. The van der Waals surface area contributed by atoms with Crippen molar-refractivity contribution in [2.45, 2.75) is 20.0 Å². The highest BCUT2D eigenvalue weighted by atomic mass is 19.1. The lowest BCUT2D eigenvalue weighted by atomic mass is 10.1. The van der Waals surface area contributed by atoms with Gasteiger partial charge in [0.05, 0.1) is 11.7 Å². The second-order valence-electron chi connectivity index (χ2n) is 4.25. The van der Waals surface area contributed by atoms with E-state index in [1.807, 2.05) is 25.1 Å². The van der Waals surface area contributed by atoms with Crippen LogP contribution in [0.5, 0.6) is 11.5 Å². The normalized spacial score (nSPS) is 12.2. The van der Waals surface area contributed by atoms with Gasteiger partial charge in [0.15, 0.2) is 0 Å². The number of ether oxygens (including phenoxy) is 1. The van der Waals surface area contributed by atoms with Gasteiger partial charge in [0.25, 0.3) is 0 Å². The Morgan fingerprint density at radius 1 is 1.17 bits per heavy atom. The van der Waals surface area contributed by atoms with Crippen LogP contribution in [0.1, 0.15) is 24.2 Å². The first kappa shape index (κ1) is 12.6. The van der Waals surface area contributed by atoms with Crippen LogP contribution in [0.4, 0.5) is 4.39 Å². The molecule has 0 heterocycles. The lowest BCUT2D eigenvalue weighted by Gasteiger charge is -2.14. The minimum atomic E-state index is -0.911. The van der Waals surface area contributed by atoms with Crippen molar-refractivity contribution in [1.29, 1.82) is 0 Å². The molecule has 0 amide bonds. The number of aliphatic hydroxyl groups is 1. The van der Waals surface area contributed by atoms with E-state index in [9.17, 15) is 9.50 Å². The smallest absolute Gasteiger partial charge is 0.136 e. The van der Waals surface area contributed by atoms with Crippen LogP contribution in [-0.2, 0) is 0 Å². The average Bonchev–Trinajstić information content (AvgIpc) is 2.28. The maximum Gasteiger partial charge on any atom is 0.136 e. The van der Waals surface area contributed by atoms with Gasteiger partial charge in [-0.2, -0.15) is 0 Å². The van der Waals surface area contributed by atoms with Crippen molar-refractivity contribution >= 4 is 0 Å². The summed E-state index contributed by atoms with van der Waals surface area (Å²) in [5, 5.41) is 9.60. The average molecular weight is 246 g/mol. The Hall–Kier alpha value is -1.87. The molecule has 0 aliphatic heterocycles. The zero-order chi connectivity index (χ0) is 13.1. The van der Waals surface area contributed by atoms with E-state index >= 15 is 0 Å². The minimum absolute atomic E-state index is 0.180. The highest BCUT2D eigenvalue weighted by molar-refractivity contribution is 5.40. The molecule has 94 valence electrons. The van der Waals surface area contributed by atoms with Gasteiger partial charge in [-0.05, 0) is 43.7 Å². The van der Waals surface area contributed by atoms with Gasteiger partial charge in [-0.1, -0.05) is 18.2 Å². The van der Waals surface area contributed by atoms with Gasteiger partial charge in [0.1, 0.15) is 17.3 Å². The van der Waals surface area contributed by atoms with E-state index in [4.69, 9.17) is 4.74 Å². The number of hydrogen-bond acceptors (Lipinski definition) is 2. The summed E-state index contributed by atoms with van der Waals surface area (Å²) in [4.78, 5) is 0. The maximum atomic E-state index is 13.6. The zero-order valence-corrected chi connectivity index (χ0v) is 10.4. The van der Waals surface area contributed by atoms with E-state index < -0.39 is 11.9 Å². The Balaban J connectivity index is 2.37. The number of hydrogen-bond donors (Lipinski definition) is 1. The number of benzene rings is 2. The van der Waals surface area contributed by atoms with Crippen molar-refractivity contribution in [3.8, 4) is 11.5 Å². The monoisotopic (exact) mass is 246 g/mol. The van der Waals surface area contributed by atoms with Crippen molar-refractivity contribution in [3.05, 3.63) is 59.4 Å². The predicted molar refractivity (Wildman–Crippen MR) is 68.3 cm³/mol. The van der Waals surface area contributed by atoms with Gasteiger partial charge in [-0.15, -0.1) is 0 Å². The van der Waals surface area contributed by atoms with Gasteiger partial charge in [0, 0.05) is 0 Å². The van der Waals surface area contributed by atoms with E-state index in [0.29, 0.717) is 11.5 Å². The maximum absolute atomic E-state index is 13.6. The molecule has 0 unspecified atom stereocenters. The fourth-order valence-corrected chi connectivity index (χ4v) is 1.82. The van der Waals surface area contributed by atoms with Crippen LogP contribution >= 0.6 is 0 Å². The van der Waals surface area contributed by atoms with Crippen molar-refractivity contribution in [3.63, 3.8) is 0 Å². The second kappa shape index (κ2) is 5.19. The molecule has 2 nitrogen and oxygen atoms in total. The Morgan fingerprint density at radius 2 is 1.89 bits per heavy atom. The SMILES string of the molecule is Cc1cccc(Oc2cccc(F)c2[C@H](C)O)c1. The quantitative estimate of drug-likeness (QED) is 0.887. The molecular weight excluding hydrogens is 231 g/mol. The molecule has 2 rings (SSSR count). The van der Waals surface area contributed by atoms with Gasteiger partial charge in [0.2, 0.25) is 0 Å². The predicted octanol–water partition coefficient (Wildman–Crippen LogP) is 3.98.